The molecule has 1 aromatic rings. The first kappa shape index (κ1) is 15.9. The Kier molecular flexibility index (Phi) is 4.08. The van der Waals surface area contributed by atoms with E-state index in [0.29, 0.717) is 35.3 Å². The molecule has 1 atom stereocenters. The van der Waals surface area contributed by atoms with Crippen LogP contribution in [0.4, 0.5) is 4.79 Å². The van der Waals surface area contributed by atoms with Gasteiger partial charge in [0.25, 0.3) is 5.91 Å². The van der Waals surface area contributed by atoms with Gasteiger partial charge in [-0.3, -0.25) is 9.69 Å². The fourth-order valence-electron chi connectivity index (χ4n) is 2.72. The number of nitrogens with zero attached hydrogens (tertiary/aromatic N) is 1. The molecule has 3 amide bonds. The summed E-state index contributed by atoms with van der Waals surface area (Å²) in [6.07, 6.45) is 0. The molecule has 1 unspecified atom stereocenters. The lowest BCUT2D eigenvalue weighted by atomic mass is 10.0. The van der Waals surface area contributed by atoms with Crippen molar-refractivity contribution < 1.29 is 23.8 Å². The summed E-state index contributed by atoms with van der Waals surface area (Å²) in [4.78, 5) is 25.7. The van der Waals surface area contributed by atoms with Crippen LogP contribution < -0.4 is 14.8 Å². The Labute approximate surface area is 138 Å². The third-order valence-electron chi connectivity index (χ3n) is 3.78. The number of nitrogens with one attached hydrogen (secondary N) is 1. The standard InChI is InChI=1S/C15H17ClN2O5/c1-15(8-21-2)13(19)18(14(20)17-15)7-9-5-10(16)12-11(6-9)22-3-4-23-12/h5-6H,3-4,7-8H2,1-2H3,(H,17,20). The van der Waals surface area contributed by atoms with E-state index in [0.717, 1.165) is 4.90 Å². The molecule has 0 radical (unpaired) electrons. The van der Waals surface area contributed by atoms with Crippen LogP contribution in [-0.4, -0.2) is 49.3 Å². The quantitative estimate of drug-likeness (QED) is 0.842. The van der Waals surface area contributed by atoms with Crippen LogP contribution in [0.3, 0.4) is 0 Å². The molecule has 0 bridgehead atoms. The predicted octanol–water partition coefficient (Wildman–Crippen LogP) is 1.57. The monoisotopic (exact) mass is 340 g/mol. The summed E-state index contributed by atoms with van der Waals surface area (Å²) in [6.45, 7) is 2.71. The van der Waals surface area contributed by atoms with Gasteiger partial charge < -0.3 is 19.5 Å². The number of halogens is 1. The zero-order valence-corrected chi connectivity index (χ0v) is 13.6. The Morgan fingerprint density at radius 2 is 2.09 bits per heavy atom. The molecule has 1 aromatic carbocycles. The van der Waals surface area contributed by atoms with Crippen molar-refractivity contribution in [2.45, 2.75) is 19.0 Å². The highest BCUT2D eigenvalue weighted by Crippen LogP contribution is 2.38. The normalized spacial score (nSPS) is 23.2. The van der Waals surface area contributed by atoms with Crippen LogP contribution in [0.15, 0.2) is 12.1 Å². The average Bonchev–Trinajstić information content (AvgIpc) is 2.71. The molecule has 2 heterocycles. The van der Waals surface area contributed by atoms with Gasteiger partial charge in [0.2, 0.25) is 0 Å². The van der Waals surface area contributed by atoms with Crippen LogP contribution >= 0.6 is 11.6 Å². The van der Waals surface area contributed by atoms with Gasteiger partial charge in [-0.2, -0.15) is 0 Å². The maximum atomic E-state index is 12.5. The molecule has 0 spiro atoms. The third kappa shape index (κ3) is 2.82. The first-order valence-corrected chi connectivity index (χ1v) is 7.53. The van der Waals surface area contributed by atoms with Crippen LogP contribution in [0.5, 0.6) is 11.5 Å². The van der Waals surface area contributed by atoms with Gasteiger partial charge in [-0.1, -0.05) is 11.6 Å². The summed E-state index contributed by atoms with van der Waals surface area (Å²) in [5.41, 5.74) is -0.367. The molecule has 1 saturated heterocycles. The molecular weight excluding hydrogens is 324 g/mol. The minimum atomic E-state index is -1.05. The Bertz CT molecular complexity index is 666. The molecule has 7 nitrogen and oxygen atoms in total. The summed E-state index contributed by atoms with van der Waals surface area (Å²) in [5, 5.41) is 3.04. The highest BCUT2D eigenvalue weighted by atomic mass is 35.5. The van der Waals surface area contributed by atoms with E-state index in [1.165, 1.54) is 7.11 Å². The Hall–Kier alpha value is -1.99. The van der Waals surface area contributed by atoms with Crippen molar-refractivity contribution in [3.8, 4) is 11.5 Å². The molecule has 0 saturated carbocycles. The highest BCUT2D eigenvalue weighted by Gasteiger charge is 2.47. The van der Waals surface area contributed by atoms with Gasteiger partial charge >= 0.3 is 6.03 Å². The second kappa shape index (κ2) is 5.90. The van der Waals surface area contributed by atoms with Gasteiger partial charge in [-0.05, 0) is 24.6 Å². The Morgan fingerprint density at radius 1 is 1.35 bits per heavy atom. The van der Waals surface area contributed by atoms with Crippen LogP contribution in [0, 0.1) is 0 Å². The van der Waals surface area contributed by atoms with E-state index < -0.39 is 11.6 Å². The van der Waals surface area contributed by atoms with Gasteiger partial charge in [-0.25, -0.2) is 4.79 Å². The zero-order valence-electron chi connectivity index (χ0n) is 12.8. The molecule has 2 aliphatic heterocycles. The van der Waals surface area contributed by atoms with Crippen LogP contribution in [0.1, 0.15) is 12.5 Å². The number of amides is 3. The summed E-state index contributed by atoms with van der Waals surface area (Å²) < 4.78 is 16.0. The number of urea groups is 1. The number of hydrogen-bond donors (Lipinski definition) is 1. The number of fused-ring (bicyclic) bond motifs is 1. The van der Waals surface area contributed by atoms with Crippen LogP contribution in [-0.2, 0) is 16.1 Å². The number of carbonyl (C=O) groups excluding carboxylic acids is 2. The molecule has 23 heavy (non-hydrogen) atoms. The Balaban J connectivity index is 1.83. The van der Waals surface area contributed by atoms with Crippen molar-refractivity contribution in [3.05, 3.63) is 22.7 Å². The van der Waals surface area contributed by atoms with Crippen molar-refractivity contribution >= 4 is 23.5 Å². The SMILES string of the molecule is COCC1(C)NC(=O)N(Cc2cc(Cl)c3c(c2)OCCO3)C1=O. The van der Waals surface area contributed by atoms with Gasteiger partial charge in [0.15, 0.2) is 11.5 Å². The predicted molar refractivity (Wildman–Crippen MR) is 81.8 cm³/mol. The van der Waals surface area contributed by atoms with Gasteiger partial charge in [0, 0.05) is 7.11 Å². The molecule has 0 aliphatic carbocycles. The maximum Gasteiger partial charge on any atom is 0.325 e. The molecule has 3 rings (SSSR count). The fraction of sp³-hybridized carbons (Fsp3) is 0.467. The number of imide groups is 1. The topological polar surface area (TPSA) is 77.1 Å². The second-order valence-corrected chi connectivity index (χ2v) is 6.10. The lowest BCUT2D eigenvalue weighted by Gasteiger charge is -2.22. The lowest BCUT2D eigenvalue weighted by Crippen LogP contribution is -2.47. The third-order valence-corrected chi connectivity index (χ3v) is 4.06. The second-order valence-electron chi connectivity index (χ2n) is 5.69. The smallest absolute Gasteiger partial charge is 0.325 e. The number of carbonyl (C=O) groups is 2. The van der Waals surface area contributed by atoms with Gasteiger partial charge in [0.05, 0.1) is 18.2 Å². The summed E-state index contributed by atoms with van der Waals surface area (Å²) >= 11 is 6.18. The van der Waals surface area contributed by atoms with Crippen molar-refractivity contribution in [2.75, 3.05) is 26.9 Å². The van der Waals surface area contributed by atoms with Crippen molar-refractivity contribution in [2.24, 2.45) is 0 Å². The molecule has 2 aliphatic rings. The maximum absolute atomic E-state index is 12.5. The van der Waals surface area contributed by atoms with Crippen molar-refractivity contribution in [1.82, 2.24) is 10.2 Å². The number of hydrogen-bond acceptors (Lipinski definition) is 5. The summed E-state index contributed by atoms with van der Waals surface area (Å²) in [6, 6.07) is 2.94. The molecule has 1 N–H and O–H groups in total. The van der Waals surface area contributed by atoms with Crippen molar-refractivity contribution in [1.29, 1.82) is 0 Å². The number of methoxy groups -OCH3 is 1. The summed E-state index contributed by atoms with van der Waals surface area (Å²) in [7, 11) is 1.48. The van der Waals surface area contributed by atoms with E-state index in [-0.39, 0.29) is 19.1 Å². The van der Waals surface area contributed by atoms with Crippen molar-refractivity contribution in [3.63, 3.8) is 0 Å². The first-order chi connectivity index (χ1) is 10.9. The fourth-order valence-corrected chi connectivity index (χ4v) is 3.00. The molecule has 0 aromatic heterocycles. The van der Waals surface area contributed by atoms with E-state index in [1.54, 1.807) is 19.1 Å². The molecular formula is C15H17ClN2O5. The average molecular weight is 341 g/mol. The van der Waals surface area contributed by atoms with Gasteiger partial charge in [0.1, 0.15) is 18.8 Å². The van der Waals surface area contributed by atoms with E-state index >= 15 is 0 Å². The van der Waals surface area contributed by atoms with Crippen LogP contribution in [0.2, 0.25) is 5.02 Å². The molecule has 8 heteroatoms. The first-order valence-electron chi connectivity index (χ1n) is 7.16. The number of benzene rings is 1. The highest BCUT2D eigenvalue weighted by molar-refractivity contribution is 6.32. The van der Waals surface area contributed by atoms with Crippen LogP contribution in [0.25, 0.3) is 0 Å². The molecule has 124 valence electrons. The van der Waals surface area contributed by atoms with E-state index in [1.807, 2.05) is 0 Å². The van der Waals surface area contributed by atoms with E-state index in [9.17, 15) is 9.59 Å². The zero-order chi connectivity index (χ0) is 16.6. The lowest BCUT2D eigenvalue weighted by molar-refractivity contribution is -0.132. The minimum absolute atomic E-state index is 0.0976. The molecule has 1 fully saturated rings. The minimum Gasteiger partial charge on any atom is -0.486 e. The summed E-state index contributed by atoms with van der Waals surface area (Å²) in [5.74, 6) is 0.670. The Morgan fingerprint density at radius 3 is 2.83 bits per heavy atom. The van der Waals surface area contributed by atoms with E-state index in [4.69, 9.17) is 25.8 Å². The number of ether oxygens (including phenoxy) is 3. The largest absolute Gasteiger partial charge is 0.486 e. The van der Waals surface area contributed by atoms with E-state index in [2.05, 4.69) is 5.32 Å². The number of rotatable bonds is 4. The van der Waals surface area contributed by atoms with Gasteiger partial charge in [-0.15, -0.1) is 0 Å².